The molecular formula is C11H11NO4. The lowest BCUT2D eigenvalue weighted by Crippen LogP contribution is -2.21. The van der Waals surface area contributed by atoms with Gasteiger partial charge in [-0.05, 0) is 17.2 Å². The highest BCUT2D eigenvalue weighted by molar-refractivity contribution is 5.86. The number of carboxylic acids is 2. The molecule has 1 aromatic carbocycles. The Hall–Kier alpha value is -2.14. The van der Waals surface area contributed by atoms with Crippen molar-refractivity contribution >= 4 is 18.0 Å². The molecule has 0 radical (unpaired) electrons. The summed E-state index contributed by atoms with van der Waals surface area (Å²) in [5.41, 5.74) is 6.33. The average Bonchev–Trinajstić information content (AvgIpc) is 2.25. The average molecular weight is 221 g/mol. The Morgan fingerprint density at radius 2 is 1.88 bits per heavy atom. The topological polar surface area (TPSA) is 101 Å². The van der Waals surface area contributed by atoms with E-state index in [4.69, 9.17) is 15.9 Å². The number of rotatable bonds is 4. The van der Waals surface area contributed by atoms with E-state index in [1.54, 1.807) is 24.3 Å². The van der Waals surface area contributed by atoms with Crippen LogP contribution in [-0.4, -0.2) is 22.2 Å². The number of hydrogen-bond donors (Lipinski definition) is 3. The summed E-state index contributed by atoms with van der Waals surface area (Å²) in [5, 5.41) is 17.3. The fourth-order valence-electron chi connectivity index (χ4n) is 1.24. The first-order valence-corrected chi connectivity index (χ1v) is 4.50. The number of benzene rings is 1. The normalized spacial score (nSPS) is 12.6. The standard InChI is InChI=1S/C11H11NO4/c12-10(11(15)16)8-4-2-1-3-7(8)5-6-9(13)14/h1-6,10H,12H2,(H,13,14)(H,15,16)/b6-5+/t10-/m0/s1. The van der Waals surface area contributed by atoms with Crippen molar-refractivity contribution in [2.24, 2.45) is 5.73 Å². The molecule has 0 spiro atoms. The van der Waals surface area contributed by atoms with Crippen molar-refractivity contribution in [3.05, 3.63) is 41.5 Å². The summed E-state index contributed by atoms with van der Waals surface area (Å²) in [5.74, 6) is -2.25. The Kier molecular flexibility index (Phi) is 3.79. The second-order valence-electron chi connectivity index (χ2n) is 3.12. The van der Waals surface area contributed by atoms with E-state index < -0.39 is 18.0 Å². The second-order valence-corrected chi connectivity index (χ2v) is 3.12. The van der Waals surface area contributed by atoms with Crippen molar-refractivity contribution in [1.82, 2.24) is 0 Å². The van der Waals surface area contributed by atoms with Gasteiger partial charge in [-0.25, -0.2) is 4.79 Å². The van der Waals surface area contributed by atoms with Crippen molar-refractivity contribution in [3.8, 4) is 0 Å². The van der Waals surface area contributed by atoms with Gasteiger partial charge in [0.25, 0.3) is 0 Å². The molecule has 0 saturated heterocycles. The summed E-state index contributed by atoms with van der Waals surface area (Å²) >= 11 is 0. The van der Waals surface area contributed by atoms with E-state index in [1.807, 2.05) is 0 Å². The summed E-state index contributed by atoms with van der Waals surface area (Å²) in [4.78, 5) is 21.1. The fraction of sp³-hybridized carbons (Fsp3) is 0.0909. The fourth-order valence-corrected chi connectivity index (χ4v) is 1.24. The highest BCUT2D eigenvalue weighted by Crippen LogP contribution is 2.17. The van der Waals surface area contributed by atoms with Crippen LogP contribution in [0, 0.1) is 0 Å². The Labute approximate surface area is 91.8 Å². The van der Waals surface area contributed by atoms with E-state index in [-0.39, 0.29) is 0 Å². The zero-order valence-electron chi connectivity index (χ0n) is 8.33. The molecule has 0 aliphatic carbocycles. The molecule has 0 fully saturated rings. The minimum Gasteiger partial charge on any atom is -0.480 e. The minimum absolute atomic E-state index is 0.382. The molecule has 0 bridgehead atoms. The molecule has 0 aliphatic heterocycles. The van der Waals surface area contributed by atoms with Gasteiger partial charge in [0.05, 0.1) is 0 Å². The Morgan fingerprint density at radius 1 is 1.25 bits per heavy atom. The second kappa shape index (κ2) is 5.09. The van der Waals surface area contributed by atoms with Crippen molar-refractivity contribution in [3.63, 3.8) is 0 Å². The van der Waals surface area contributed by atoms with E-state index in [0.29, 0.717) is 11.1 Å². The van der Waals surface area contributed by atoms with Crippen LogP contribution in [0.1, 0.15) is 17.2 Å². The monoisotopic (exact) mass is 221 g/mol. The van der Waals surface area contributed by atoms with Gasteiger partial charge >= 0.3 is 11.9 Å². The molecule has 16 heavy (non-hydrogen) atoms. The van der Waals surface area contributed by atoms with Crippen molar-refractivity contribution in [2.75, 3.05) is 0 Å². The van der Waals surface area contributed by atoms with Crippen molar-refractivity contribution in [2.45, 2.75) is 6.04 Å². The molecule has 0 saturated carbocycles. The van der Waals surface area contributed by atoms with E-state index in [0.717, 1.165) is 6.08 Å². The predicted molar refractivity (Wildman–Crippen MR) is 57.7 cm³/mol. The summed E-state index contributed by atoms with van der Waals surface area (Å²) in [6.07, 6.45) is 2.26. The van der Waals surface area contributed by atoms with Gasteiger partial charge < -0.3 is 15.9 Å². The first-order valence-electron chi connectivity index (χ1n) is 4.50. The molecule has 4 N–H and O–H groups in total. The predicted octanol–water partition coefficient (Wildman–Crippen LogP) is 0.869. The van der Waals surface area contributed by atoms with Crippen LogP contribution in [0.3, 0.4) is 0 Å². The highest BCUT2D eigenvalue weighted by atomic mass is 16.4. The van der Waals surface area contributed by atoms with E-state index >= 15 is 0 Å². The van der Waals surface area contributed by atoms with Gasteiger partial charge in [-0.1, -0.05) is 24.3 Å². The molecule has 5 heteroatoms. The van der Waals surface area contributed by atoms with Gasteiger partial charge in [0.15, 0.2) is 0 Å². The third-order valence-corrected chi connectivity index (χ3v) is 2.00. The van der Waals surface area contributed by atoms with Crippen LogP contribution in [0.4, 0.5) is 0 Å². The molecule has 0 amide bonds. The van der Waals surface area contributed by atoms with Gasteiger partial charge in [-0.3, -0.25) is 4.79 Å². The lowest BCUT2D eigenvalue weighted by molar-refractivity contribution is -0.138. The molecule has 5 nitrogen and oxygen atoms in total. The number of aliphatic carboxylic acids is 2. The van der Waals surface area contributed by atoms with E-state index in [9.17, 15) is 9.59 Å². The minimum atomic E-state index is -1.16. The zero-order valence-corrected chi connectivity index (χ0v) is 8.33. The van der Waals surface area contributed by atoms with Crippen molar-refractivity contribution in [1.29, 1.82) is 0 Å². The summed E-state index contributed by atoms with van der Waals surface area (Å²) in [7, 11) is 0. The van der Waals surface area contributed by atoms with Gasteiger partial charge in [0.1, 0.15) is 6.04 Å². The summed E-state index contributed by atoms with van der Waals surface area (Å²) in [6, 6.07) is 5.34. The Bertz CT molecular complexity index is 439. The number of nitrogens with two attached hydrogens (primary N) is 1. The molecule has 1 rings (SSSR count). The van der Waals surface area contributed by atoms with Gasteiger partial charge in [-0.2, -0.15) is 0 Å². The highest BCUT2D eigenvalue weighted by Gasteiger charge is 2.16. The summed E-state index contributed by atoms with van der Waals surface area (Å²) < 4.78 is 0. The summed E-state index contributed by atoms with van der Waals surface area (Å²) in [6.45, 7) is 0. The van der Waals surface area contributed by atoms with Crippen LogP contribution in [0.5, 0.6) is 0 Å². The smallest absolute Gasteiger partial charge is 0.328 e. The van der Waals surface area contributed by atoms with E-state index in [1.165, 1.54) is 6.08 Å². The molecule has 0 aliphatic rings. The van der Waals surface area contributed by atoms with Crippen molar-refractivity contribution < 1.29 is 19.8 Å². The Morgan fingerprint density at radius 3 is 2.44 bits per heavy atom. The van der Waals surface area contributed by atoms with Crippen LogP contribution in [-0.2, 0) is 9.59 Å². The van der Waals surface area contributed by atoms with Crippen LogP contribution in [0.2, 0.25) is 0 Å². The number of carboxylic acid groups (broad SMARTS) is 2. The van der Waals surface area contributed by atoms with Crippen LogP contribution in [0.15, 0.2) is 30.3 Å². The molecule has 84 valence electrons. The molecule has 0 aromatic heterocycles. The molecule has 0 unspecified atom stereocenters. The third-order valence-electron chi connectivity index (χ3n) is 2.00. The largest absolute Gasteiger partial charge is 0.480 e. The number of carbonyl (C=O) groups is 2. The first-order chi connectivity index (χ1) is 7.52. The maximum absolute atomic E-state index is 10.7. The zero-order chi connectivity index (χ0) is 12.1. The van der Waals surface area contributed by atoms with Crippen LogP contribution < -0.4 is 5.73 Å². The Balaban J connectivity index is 3.10. The third kappa shape index (κ3) is 2.93. The maximum atomic E-state index is 10.7. The van der Waals surface area contributed by atoms with Crippen LogP contribution in [0.25, 0.3) is 6.08 Å². The molecular weight excluding hydrogens is 210 g/mol. The SMILES string of the molecule is N[C@H](C(=O)O)c1ccccc1/C=C/C(=O)O. The van der Waals surface area contributed by atoms with Gasteiger partial charge in [0.2, 0.25) is 0 Å². The maximum Gasteiger partial charge on any atom is 0.328 e. The lowest BCUT2D eigenvalue weighted by Gasteiger charge is -2.09. The lowest BCUT2D eigenvalue weighted by atomic mass is 10.0. The molecule has 1 atom stereocenters. The quantitative estimate of drug-likeness (QED) is 0.655. The molecule has 0 heterocycles. The van der Waals surface area contributed by atoms with Crippen LogP contribution >= 0.6 is 0 Å². The molecule has 1 aromatic rings. The first kappa shape index (κ1) is 11.9. The van der Waals surface area contributed by atoms with E-state index in [2.05, 4.69) is 0 Å². The van der Waals surface area contributed by atoms with Gasteiger partial charge in [-0.15, -0.1) is 0 Å². The number of hydrogen-bond acceptors (Lipinski definition) is 3. The van der Waals surface area contributed by atoms with Gasteiger partial charge in [0, 0.05) is 6.08 Å².